The highest BCUT2D eigenvalue weighted by atomic mass is 35.5. The van der Waals surface area contributed by atoms with Gasteiger partial charge in [0.1, 0.15) is 6.10 Å². The van der Waals surface area contributed by atoms with Crippen molar-refractivity contribution in [1.82, 2.24) is 4.90 Å². The number of carbonyl (C=O) groups excluding carboxylic acids is 2. The lowest BCUT2D eigenvalue weighted by Crippen LogP contribution is -2.40. The van der Waals surface area contributed by atoms with Gasteiger partial charge in [-0.2, -0.15) is 0 Å². The molecular formula is C18H26ClN3O4. The molecule has 0 unspecified atom stereocenters. The first kappa shape index (κ1) is 20.6. The van der Waals surface area contributed by atoms with E-state index < -0.39 is 6.10 Å². The first-order valence-corrected chi connectivity index (χ1v) is 8.72. The molecule has 2 saturated heterocycles. The minimum Gasteiger partial charge on any atom is -0.378 e. The predicted molar refractivity (Wildman–Crippen MR) is 101 cm³/mol. The van der Waals surface area contributed by atoms with Gasteiger partial charge in [0.2, 0.25) is 0 Å². The predicted octanol–water partition coefficient (Wildman–Crippen LogP) is 1.33. The molecule has 144 valence electrons. The Bertz CT molecular complexity index is 649. The molecule has 2 aliphatic rings. The average Bonchev–Trinajstić information content (AvgIpc) is 3.13. The van der Waals surface area contributed by atoms with Crippen LogP contribution in [0.2, 0.25) is 0 Å². The molecule has 0 aromatic heterocycles. The minimum atomic E-state index is -0.480. The molecule has 0 radical (unpaired) electrons. The smallest absolute Gasteiger partial charge is 0.254 e. The summed E-state index contributed by atoms with van der Waals surface area (Å²) in [4.78, 5) is 26.8. The third-order valence-electron chi connectivity index (χ3n) is 4.70. The van der Waals surface area contributed by atoms with E-state index in [0.717, 1.165) is 12.0 Å². The SMILES string of the molecule is Cc1ccc(C(=O)N2CCOCC2)cc1NC(=O)[C@@H]1CC[C@H](CN)O1.Cl. The van der Waals surface area contributed by atoms with Crippen LogP contribution < -0.4 is 11.1 Å². The molecule has 1 aromatic rings. The van der Waals surface area contributed by atoms with E-state index in [1.165, 1.54) is 0 Å². The number of hydrogen-bond donors (Lipinski definition) is 2. The van der Waals surface area contributed by atoms with Crippen molar-refractivity contribution in [1.29, 1.82) is 0 Å². The van der Waals surface area contributed by atoms with Gasteiger partial charge in [0.05, 0.1) is 19.3 Å². The van der Waals surface area contributed by atoms with E-state index in [4.69, 9.17) is 15.2 Å². The Morgan fingerprint density at radius 3 is 2.65 bits per heavy atom. The van der Waals surface area contributed by atoms with Crippen molar-refractivity contribution < 1.29 is 19.1 Å². The molecule has 1 aromatic carbocycles. The molecule has 2 atom stereocenters. The third kappa shape index (κ3) is 4.73. The Morgan fingerprint density at radius 1 is 1.27 bits per heavy atom. The molecule has 0 aliphatic carbocycles. The third-order valence-corrected chi connectivity index (χ3v) is 4.70. The van der Waals surface area contributed by atoms with Gasteiger partial charge in [-0.25, -0.2) is 0 Å². The monoisotopic (exact) mass is 383 g/mol. The highest BCUT2D eigenvalue weighted by molar-refractivity contribution is 5.99. The van der Waals surface area contributed by atoms with Gasteiger partial charge in [-0.05, 0) is 37.5 Å². The highest BCUT2D eigenvalue weighted by Gasteiger charge is 2.30. The van der Waals surface area contributed by atoms with Crippen LogP contribution in [-0.2, 0) is 14.3 Å². The zero-order chi connectivity index (χ0) is 17.8. The summed E-state index contributed by atoms with van der Waals surface area (Å²) in [6, 6.07) is 5.38. The first-order valence-electron chi connectivity index (χ1n) is 8.72. The highest BCUT2D eigenvalue weighted by Crippen LogP contribution is 2.23. The van der Waals surface area contributed by atoms with Crippen molar-refractivity contribution in [2.24, 2.45) is 5.73 Å². The van der Waals surface area contributed by atoms with E-state index in [2.05, 4.69) is 5.32 Å². The Hall–Kier alpha value is -1.67. The van der Waals surface area contributed by atoms with Crippen molar-refractivity contribution in [2.75, 3.05) is 38.2 Å². The van der Waals surface area contributed by atoms with Crippen LogP contribution in [0.4, 0.5) is 5.69 Å². The Kier molecular flexibility index (Phi) is 7.40. The number of halogens is 1. The van der Waals surface area contributed by atoms with E-state index >= 15 is 0 Å². The Labute approximate surface area is 159 Å². The van der Waals surface area contributed by atoms with Crippen LogP contribution in [0.3, 0.4) is 0 Å². The summed E-state index contributed by atoms with van der Waals surface area (Å²) in [5, 5.41) is 2.89. The number of aryl methyl sites for hydroxylation is 1. The van der Waals surface area contributed by atoms with Gasteiger partial charge in [-0.15, -0.1) is 12.4 Å². The molecule has 0 spiro atoms. The summed E-state index contributed by atoms with van der Waals surface area (Å²) in [5.74, 6) is -0.228. The fourth-order valence-electron chi connectivity index (χ4n) is 3.12. The Morgan fingerprint density at radius 2 is 2.00 bits per heavy atom. The van der Waals surface area contributed by atoms with E-state index in [9.17, 15) is 9.59 Å². The number of anilines is 1. The molecule has 2 fully saturated rings. The summed E-state index contributed by atoms with van der Waals surface area (Å²) in [7, 11) is 0. The second kappa shape index (κ2) is 9.32. The minimum absolute atomic E-state index is 0. The van der Waals surface area contributed by atoms with Crippen molar-refractivity contribution in [3.05, 3.63) is 29.3 Å². The number of nitrogens with one attached hydrogen (secondary N) is 1. The van der Waals surface area contributed by atoms with Gasteiger partial charge < -0.3 is 25.4 Å². The van der Waals surface area contributed by atoms with Gasteiger partial charge >= 0.3 is 0 Å². The zero-order valence-electron chi connectivity index (χ0n) is 14.9. The van der Waals surface area contributed by atoms with Crippen LogP contribution in [0, 0.1) is 6.92 Å². The molecule has 2 heterocycles. The lowest BCUT2D eigenvalue weighted by Gasteiger charge is -2.27. The van der Waals surface area contributed by atoms with Crippen molar-refractivity contribution in [3.8, 4) is 0 Å². The van der Waals surface area contributed by atoms with Gasteiger partial charge in [-0.3, -0.25) is 9.59 Å². The number of hydrogen-bond acceptors (Lipinski definition) is 5. The van der Waals surface area contributed by atoms with Crippen LogP contribution >= 0.6 is 12.4 Å². The van der Waals surface area contributed by atoms with Crippen molar-refractivity contribution in [3.63, 3.8) is 0 Å². The molecular weight excluding hydrogens is 358 g/mol. The van der Waals surface area contributed by atoms with E-state index in [1.54, 1.807) is 17.0 Å². The zero-order valence-corrected chi connectivity index (χ0v) is 15.7. The maximum absolute atomic E-state index is 12.6. The van der Waals surface area contributed by atoms with Crippen molar-refractivity contribution >= 4 is 29.9 Å². The summed E-state index contributed by atoms with van der Waals surface area (Å²) in [6.45, 7) is 4.61. The summed E-state index contributed by atoms with van der Waals surface area (Å²) < 4.78 is 10.9. The lowest BCUT2D eigenvalue weighted by molar-refractivity contribution is -0.126. The van der Waals surface area contributed by atoms with Crippen LogP contribution in [0.5, 0.6) is 0 Å². The van der Waals surface area contributed by atoms with Gasteiger partial charge in [0.25, 0.3) is 11.8 Å². The van der Waals surface area contributed by atoms with Crippen LogP contribution in [-0.4, -0.2) is 61.8 Å². The molecule has 26 heavy (non-hydrogen) atoms. The number of ether oxygens (including phenoxy) is 2. The largest absolute Gasteiger partial charge is 0.378 e. The summed E-state index contributed by atoms with van der Waals surface area (Å²) >= 11 is 0. The summed E-state index contributed by atoms with van der Waals surface area (Å²) in [6.07, 6.45) is 0.931. The van der Waals surface area contributed by atoms with Crippen LogP contribution in [0.25, 0.3) is 0 Å². The molecule has 8 heteroatoms. The second-order valence-corrected chi connectivity index (χ2v) is 6.48. The molecule has 2 amide bonds. The van der Waals surface area contributed by atoms with Gasteiger partial charge in [0.15, 0.2) is 0 Å². The normalized spacial score (nSPS) is 22.6. The van der Waals surface area contributed by atoms with Gasteiger partial charge in [0, 0.05) is 30.9 Å². The maximum atomic E-state index is 12.6. The molecule has 0 bridgehead atoms. The van der Waals surface area contributed by atoms with E-state index in [0.29, 0.717) is 50.5 Å². The number of nitrogens with two attached hydrogens (primary N) is 1. The summed E-state index contributed by atoms with van der Waals surface area (Å²) in [5.41, 5.74) is 7.70. The molecule has 7 nitrogen and oxygen atoms in total. The maximum Gasteiger partial charge on any atom is 0.254 e. The lowest BCUT2D eigenvalue weighted by atomic mass is 10.1. The van der Waals surface area contributed by atoms with Gasteiger partial charge in [-0.1, -0.05) is 6.07 Å². The van der Waals surface area contributed by atoms with Crippen molar-refractivity contribution in [2.45, 2.75) is 32.0 Å². The number of carbonyl (C=O) groups is 2. The number of benzene rings is 1. The average molecular weight is 384 g/mol. The second-order valence-electron chi connectivity index (χ2n) is 6.48. The molecule has 3 rings (SSSR count). The Balaban J connectivity index is 0.00000243. The fraction of sp³-hybridized carbons (Fsp3) is 0.556. The molecule has 2 aliphatic heterocycles. The number of morpholine rings is 1. The topological polar surface area (TPSA) is 93.9 Å². The van der Waals surface area contributed by atoms with E-state index in [-0.39, 0.29) is 30.3 Å². The molecule has 0 saturated carbocycles. The number of nitrogens with zero attached hydrogens (tertiary/aromatic N) is 1. The van der Waals surface area contributed by atoms with Crippen LogP contribution in [0.1, 0.15) is 28.8 Å². The number of rotatable bonds is 4. The number of amides is 2. The standard InChI is InChI=1S/C18H25N3O4.ClH/c1-12-2-3-13(18(23)21-6-8-24-9-7-21)10-15(12)20-17(22)16-5-4-14(11-19)25-16;/h2-3,10,14,16H,4-9,11,19H2,1H3,(H,20,22);1H/t14-,16+;/m1./s1. The molecule has 3 N–H and O–H groups in total. The first-order chi connectivity index (χ1) is 12.1. The van der Waals surface area contributed by atoms with Crippen LogP contribution in [0.15, 0.2) is 18.2 Å². The quantitative estimate of drug-likeness (QED) is 0.818. The fourth-order valence-corrected chi connectivity index (χ4v) is 3.12. The van der Waals surface area contributed by atoms with E-state index in [1.807, 2.05) is 13.0 Å².